The predicted molar refractivity (Wildman–Crippen MR) is 62.0 cm³/mol. The maximum absolute atomic E-state index is 13.6. The molecule has 1 aromatic rings. The Morgan fingerprint density at radius 1 is 1.50 bits per heavy atom. The number of hydrogen-bond donors (Lipinski definition) is 1. The average Bonchev–Trinajstić information content (AvgIpc) is 2.73. The lowest BCUT2D eigenvalue weighted by Crippen LogP contribution is -2.33. The van der Waals surface area contributed by atoms with Gasteiger partial charge >= 0.3 is 0 Å². The van der Waals surface area contributed by atoms with Gasteiger partial charge in [0.2, 0.25) is 0 Å². The Morgan fingerprint density at radius 2 is 2.31 bits per heavy atom. The Hall–Kier alpha value is -0.640. The van der Waals surface area contributed by atoms with E-state index in [2.05, 4.69) is 0 Å². The van der Waals surface area contributed by atoms with E-state index in [-0.39, 0.29) is 11.2 Å². The number of benzene rings is 1. The van der Waals surface area contributed by atoms with Gasteiger partial charge in [-0.05, 0) is 25.0 Å². The van der Waals surface area contributed by atoms with E-state index in [0.29, 0.717) is 36.8 Å². The maximum Gasteiger partial charge on any atom is 0.127 e. The second kappa shape index (κ2) is 4.70. The van der Waals surface area contributed by atoms with Crippen LogP contribution in [0.25, 0.3) is 0 Å². The van der Waals surface area contributed by atoms with Crippen LogP contribution < -0.4 is 5.73 Å². The molecule has 1 fully saturated rings. The highest BCUT2D eigenvalue weighted by atomic mass is 35.5. The second-order valence-electron chi connectivity index (χ2n) is 4.38. The quantitative estimate of drug-likeness (QED) is 0.885. The molecule has 0 saturated carbocycles. The molecule has 1 unspecified atom stereocenters. The van der Waals surface area contributed by atoms with Gasteiger partial charge in [-0.2, -0.15) is 0 Å². The Bertz CT molecular complexity index is 357. The van der Waals surface area contributed by atoms with Crippen LogP contribution in [0, 0.1) is 11.2 Å². The molecule has 0 aliphatic carbocycles. The van der Waals surface area contributed by atoms with E-state index >= 15 is 0 Å². The summed E-state index contributed by atoms with van der Waals surface area (Å²) in [5.74, 6) is -0.257. The van der Waals surface area contributed by atoms with Crippen molar-refractivity contribution >= 4 is 11.6 Å². The molecule has 2 N–H and O–H groups in total. The zero-order valence-electron chi connectivity index (χ0n) is 9.01. The first-order valence-electron chi connectivity index (χ1n) is 5.38. The van der Waals surface area contributed by atoms with Gasteiger partial charge in [0.15, 0.2) is 0 Å². The van der Waals surface area contributed by atoms with Gasteiger partial charge in [-0.1, -0.05) is 17.7 Å². The summed E-state index contributed by atoms with van der Waals surface area (Å²) in [6.07, 6.45) is 1.42. The van der Waals surface area contributed by atoms with Crippen molar-refractivity contribution in [3.05, 3.63) is 34.6 Å². The predicted octanol–water partition coefficient (Wildman–Crippen LogP) is 2.39. The fourth-order valence-electron chi connectivity index (χ4n) is 2.10. The van der Waals surface area contributed by atoms with Crippen LogP contribution >= 0.6 is 11.6 Å². The molecule has 2 nitrogen and oxygen atoms in total. The summed E-state index contributed by atoms with van der Waals surface area (Å²) in [6.45, 7) is 1.79. The first kappa shape index (κ1) is 11.8. The zero-order chi connectivity index (χ0) is 11.6. The van der Waals surface area contributed by atoms with E-state index in [1.165, 1.54) is 6.07 Å². The lowest BCUT2D eigenvalue weighted by Gasteiger charge is -2.26. The van der Waals surface area contributed by atoms with E-state index in [0.717, 1.165) is 6.42 Å². The van der Waals surface area contributed by atoms with Gasteiger partial charge < -0.3 is 10.5 Å². The molecule has 0 amide bonds. The van der Waals surface area contributed by atoms with E-state index in [1.54, 1.807) is 12.1 Å². The molecule has 0 bridgehead atoms. The monoisotopic (exact) mass is 243 g/mol. The molecule has 0 aromatic heterocycles. The van der Waals surface area contributed by atoms with E-state index in [4.69, 9.17) is 22.1 Å². The minimum atomic E-state index is -0.257. The summed E-state index contributed by atoms with van der Waals surface area (Å²) in [5, 5.41) is 0.472. The molecule has 1 aliphatic rings. The second-order valence-corrected chi connectivity index (χ2v) is 4.79. The third-order valence-corrected chi connectivity index (χ3v) is 3.59. The average molecular weight is 244 g/mol. The Balaban J connectivity index is 2.25. The molecule has 2 rings (SSSR count). The van der Waals surface area contributed by atoms with Crippen molar-refractivity contribution in [1.29, 1.82) is 0 Å². The molecule has 4 heteroatoms. The summed E-state index contributed by atoms with van der Waals surface area (Å²) in [4.78, 5) is 0. The SMILES string of the molecule is NCC1(Cc2c(F)cccc2Cl)CCOC1. The lowest BCUT2D eigenvalue weighted by atomic mass is 9.81. The van der Waals surface area contributed by atoms with Gasteiger partial charge in [0.05, 0.1) is 6.61 Å². The minimum absolute atomic E-state index is 0.147. The Kier molecular flexibility index (Phi) is 3.47. The number of ether oxygens (including phenoxy) is 1. The van der Waals surface area contributed by atoms with Crippen LogP contribution in [0.2, 0.25) is 5.02 Å². The minimum Gasteiger partial charge on any atom is -0.381 e. The van der Waals surface area contributed by atoms with Crippen LogP contribution in [0.4, 0.5) is 4.39 Å². The third-order valence-electron chi connectivity index (χ3n) is 3.23. The molecule has 88 valence electrons. The smallest absolute Gasteiger partial charge is 0.127 e. The normalized spacial score (nSPS) is 24.9. The van der Waals surface area contributed by atoms with E-state index < -0.39 is 0 Å². The number of nitrogens with two attached hydrogens (primary N) is 1. The number of hydrogen-bond acceptors (Lipinski definition) is 2. The van der Waals surface area contributed by atoms with Gasteiger partial charge in [0.1, 0.15) is 5.82 Å². The molecule has 1 heterocycles. The van der Waals surface area contributed by atoms with Crippen molar-refractivity contribution < 1.29 is 9.13 Å². The van der Waals surface area contributed by atoms with Crippen molar-refractivity contribution in [2.75, 3.05) is 19.8 Å². The van der Waals surface area contributed by atoms with Crippen molar-refractivity contribution in [1.82, 2.24) is 0 Å². The first-order chi connectivity index (χ1) is 7.67. The molecule has 0 radical (unpaired) electrons. The highest BCUT2D eigenvalue weighted by molar-refractivity contribution is 6.31. The highest BCUT2D eigenvalue weighted by Crippen LogP contribution is 2.34. The summed E-state index contributed by atoms with van der Waals surface area (Å²) < 4.78 is 19.0. The fraction of sp³-hybridized carbons (Fsp3) is 0.500. The Labute approximate surface area is 99.5 Å². The van der Waals surface area contributed by atoms with Crippen molar-refractivity contribution in [2.24, 2.45) is 11.1 Å². The standard InChI is InChI=1S/C12H15ClFNO/c13-10-2-1-3-11(14)9(10)6-12(7-15)4-5-16-8-12/h1-3H,4-8,15H2. The molecule has 1 aromatic carbocycles. The molecule has 1 saturated heterocycles. The number of rotatable bonds is 3. The first-order valence-corrected chi connectivity index (χ1v) is 5.75. The third kappa shape index (κ3) is 2.21. The van der Waals surface area contributed by atoms with Crippen molar-refractivity contribution in [2.45, 2.75) is 12.8 Å². The van der Waals surface area contributed by atoms with Crippen molar-refractivity contribution in [3.63, 3.8) is 0 Å². The molecule has 16 heavy (non-hydrogen) atoms. The fourth-order valence-corrected chi connectivity index (χ4v) is 2.33. The molecule has 0 spiro atoms. The van der Waals surface area contributed by atoms with Gasteiger partial charge in [0.25, 0.3) is 0 Å². The largest absolute Gasteiger partial charge is 0.381 e. The van der Waals surface area contributed by atoms with Crippen molar-refractivity contribution in [3.8, 4) is 0 Å². The maximum atomic E-state index is 13.6. The molecule has 1 aliphatic heterocycles. The van der Waals surface area contributed by atoms with Crippen LogP contribution in [0.3, 0.4) is 0 Å². The van der Waals surface area contributed by atoms with Crippen LogP contribution in [0.1, 0.15) is 12.0 Å². The van der Waals surface area contributed by atoms with Crippen LogP contribution in [0.5, 0.6) is 0 Å². The summed E-state index contributed by atoms with van der Waals surface area (Å²) in [5.41, 5.74) is 6.18. The van der Waals surface area contributed by atoms with E-state index in [9.17, 15) is 4.39 Å². The summed E-state index contributed by atoms with van der Waals surface area (Å²) in [6, 6.07) is 4.75. The molecule has 1 atom stereocenters. The van der Waals surface area contributed by atoms with Crippen LogP contribution in [-0.2, 0) is 11.2 Å². The summed E-state index contributed by atoms with van der Waals surface area (Å²) >= 11 is 6.01. The number of halogens is 2. The van der Waals surface area contributed by atoms with Crippen LogP contribution in [0.15, 0.2) is 18.2 Å². The van der Waals surface area contributed by atoms with Crippen LogP contribution in [-0.4, -0.2) is 19.8 Å². The van der Waals surface area contributed by atoms with Gasteiger partial charge in [-0.25, -0.2) is 4.39 Å². The van der Waals surface area contributed by atoms with E-state index in [1.807, 2.05) is 0 Å². The molecular formula is C12H15ClFNO. The molecular weight excluding hydrogens is 229 g/mol. The van der Waals surface area contributed by atoms with Gasteiger partial charge in [-0.3, -0.25) is 0 Å². The van der Waals surface area contributed by atoms with Gasteiger partial charge in [0, 0.05) is 29.2 Å². The Morgan fingerprint density at radius 3 is 2.88 bits per heavy atom. The van der Waals surface area contributed by atoms with Gasteiger partial charge in [-0.15, -0.1) is 0 Å². The zero-order valence-corrected chi connectivity index (χ0v) is 9.77. The summed E-state index contributed by atoms with van der Waals surface area (Å²) in [7, 11) is 0. The topological polar surface area (TPSA) is 35.2 Å². The highest BCUT2D eigenvalue weighted by Gasteiger charge is 2.35. The lowest BCUT2D eigenvalue weighted by molar-refractivity contribution is 0.154.